The average molecular weight is 505 g/mol. The van der Waals surface area contributed by atoms with Gasteiger partial charge in [0.15, 0.2) is 0 Å². The molecule has 11 heteroatoms. The van der Waals surface area contributed by atoms with Gasteiger partial charge >= 0.3 is 0 Å². The van der Waals surface area contributed by atoms with Crippen molar-refractivity contribution in [2.75, 3.05) is 44.5 Å². The average Bonchev–Trinajstić information content (AvgIpc) is 2.78. The van der Waals surface area contributed by atoms with Crippen LogP contribution in [0.25, 0.3) is 0 Å². The van der Waals surface area contributed by atoms with Crippen molar-refractivity contribution < 1.29 is 19.1 Å². The SMILES string of the molecule is CCC(=O)N(CCS)C[N+](=O)CCS.CCCN(C[N+](=O)c1ccccc1S)C(=O)CC. The van der Waals surface area contributed by atoms with E-state index in [9.17, 15) is 19.4 Å². The van der Waals surface area contributed by atoms with Crippen molar-refractivity contribution >= 4 is 55.4 Å². The lowest BCUT2D eigenvalue weighted by molar-refractivity contribution is -0.561. The molecule has 32 heavy (non-hydrogen) atoms. The lowest BCUT2D eigenvalue weighted by Gasteiger charge is -2.16. The lowest BCUT2D eigenvalue weighted by Crippen LogP contribution is -2.38. The Morgan fingerprint density at radius 3 is 1.91 bits per heavy atom. The minimum absolute atomic E-state index is 0.00524. The van der Waals surface area contributed by atoms with E-state index in [0.29, 0.717) is 54.6 Å². The lowest BCUT2D eigenvalue weighted by atomic mass is 10.3. The van der Waals surface area contributed by atoms with Crippen LogP contribution >= 0.6 is 37.9 Å². The molecule has 8 nitrogen and oxygen atoms in total. The topological polar surface area (TPSA) is 80.8 Å². The predicted octanol–water partition coefficient (Wildman–Crippen LogP) is 3.81. The van der Waals surface area contributed by atoms with Crippen LogP contribution in [-0.2, 0) is 9.59 Å². The summed E-state index contributed by atoms with van der Waals surface area (Å²) in [6, 6.07) is 7.07. The maximum Gasteiger partial charge on any atom is 0.275 e. The van der Waals surface area contributed by atoms with Crippen molar-refractivity contribution in [2.24, 2.45) is 0 Å². The zero-order valence-corrected chi connectivity index (χ0v) is 21.8. The Morgan fingerprint density at radius 2 is 1.44 bits per heavy atom. The van der Waals surface area contributed by atoms with Gasteiger partial charge in [-0.05, 0) is 12.5 Å². The molecule has 0 radical (unpaired) electrons. The second-order valence-corrected chi connectivity index (χ2v) is 8.20. The van der Waals surface area contributed by atoms with Gasteiger partial charge in [0.1, 0.15) is 0 Å². The summed E-state index contributed by atoms with van der Waals surface area (Å²) in [6.45, 7) is 7.18. The molecule has 0 aliphatic carbocycles. The maximum atomic E-state index is 12.0. The van der Waals surface area contributed by atoms with Crippen molar-refractivity contribution in [3.05, 3.63) is 34.1 Å². The first-order chi connectivity index (χ1) is 15.2. The first-order valence-electron chi connectivity index (χ1n) is 10.7. The predicted molar refractivity (Wildman–Crippen MR) is 137 cm³/mol. The van der Waals surface area contributed by atoms with Crippen LogP contribution in [0.3, 0.4) is 0 Å². The van der Waals surface area contributed by atoms with Gasteiger partial charge in [-0.25, -0.2) is 0 Å². The van der Waals surface area contributed by atoms with Gasteiger partial charge in [-0.15, -0.1) is 12.6 Å². The summed E-state index contributed by atoms with van der Waals surface area (Å²) in [7, 11) is 0. The van der Waals surface area contributed by atoms with E-state index < -0.39 is 0 Å². The number of carbonyl (C=O) groups is 2. The fourth-order valence-corrected chi connectivity index (χ4v) is 3.40. The van der Waals surface area contributed by atoms with Crippen LogP contribution in [0.5, 0.6) is 0 Å². The van der Waals surface area contributed by atoms with Gasteiger partial charge in [-0.3, -0.25) is 19.4 Å². The van der Waals surface area contributed by atoms with Crippen LogP contribution in [0, 0.1) is 9.81 Å². The third-order valence-corrected chi connectivity index (χ3v) is 5.08. The molecule has 1 rings (SSSR count). The fraction of sp³-hybridized carbons (Fsp3) is 0.619. The van der Waals surface area contributed by atoms with E-state index in [4.69, 9.17) is 0 Å². The van der Waals surface area contributed by atoms with Crippen LogP contribution in [0.1, 0.15) is 40.0 Å². The molecule has 0 fully saturated rings. The van der Waals surface area contributed by atoms with Crippen LogP contribution in [0.2, 0.25) is 0 Å². The van der Waals surface area contributed by atoms with Crippen molar-refractivity contribution in [2.45, 2.75) is 44.9 Å². The fourth-order valence-electron chi connectivity index (χ4n) is 2.67. The minimum atomic E-state index is -0.0148. The Kier molecular flexibility index (Phi) is 17.0. The Bertz CT molecular complexity index is 750. The molecular weight excluding hydrogens is 468 g/mol. The number of amides is 2. The van der Waals surface area contributed by atoms with Gasteiger partial charge in [0.25, 0.3) is 19.0 Å². The summed E-state index contributed by atoms with van der Waals surface area (Å²) in [5.74, 6) is 1.05. The molecule has 0 N–H and O–H groups in total. The molecule has 0 spiro atoms. The summed E-state index contributed by atoms with van der Waals surface area (Å²) in [4.78, 5) is 50.0. The highest BCUT2D eigenvalue weighted by molar-refractivity contribution is 7.80. The normalized spacial score (nSPS) is 10.1. The van der Waals surface area contributed by atoms with Crippen LogP contribution < -0.4 is 0 Å². The number of para-hydroxylation sites is 1. The molecule has 0 aliphatic heterocycles. The van der Waals surface area contributed by atoms with Crippen molar-refractivity contribution in [3.63, 3.8) is 0 Å². The minimum Gasteiger partial charge on any atom is -0.283 e. The smallest absolute Gasteiger partial charge is 0.275 e. The number of benzene rings is 1. The van der Waals surface area contributed by atoms with Gasteiger partial charge in [0.2, 0.25) is 18.4 Å². The van der Waals surface area contributed by atoms with Crippen molar-refractivity contribution in [3.8, 4) is 0 Å². The van der Waals surface area contributed by atoms with E-state index in [2.05, 4.69) is 37.9 Å². The molecule has 0 saturated carbocycles. The highest BCUT2D eigenvalue weighted by Gasteiger charge is 2.23. The van der Waals surface area contributed by atoms with Gasteiger partial charge < -0.3 is 0 Å². The molecule has 0 aliphatic rings. The Hall–Kier alpha value is -1.59. The summed E-state index contributed by atoms with van der Waals surface area (Å²) in [6.07, 6.45) is 1.67. The molecule has 0 bridgehead atoms. The third-order valence-electron chi connectivity index (χ3n) is 4.30. The van der Waals surface area contributed by atoms with E-state index in [0.717, 1.165) is 15.9 Å². The molecule has 0 saturated heterocycles. The number of hydrogen-bond acceptors (Lipinski definition) is 7. The molecule has 180 valence electrons. The quantitative estimate of drug-likeness (QED) is 0.217. The number of hydrogen-bond donors (Lipinski definition) is 3. The number of carbonyl (C=O) groups excluding carboxylic acids is 2. The number of nitrogens with zero attached hydrogens (tertiary/aromatic N) is 4. The van der Waals surface area contributed by atoms with E-state index in [1.54, 1.807) is 36.9 Å². The zero-order chi connectivity index (χ0) is 24.5. The monoisotopic (exact) mass is 504 g/mol. The van der Waals surface area contributed by atoms with E-state index in [1.807, 2.05) is 13.0 Å². The highest BCUT2D eigenvalue weighted by Crippen LogP contribution is 2.21. The summed E-state index contributed by atoms with van der Waals surface area (Å²) < 4.78 is 1.65. The molecule has 0 heterocycles. The first kappa shape index (κ1) is 30.4. The Labute approximate surface area is 207 Å². The molecule has 0 atom stereocenters. The summed E-state index contributed by atoms with van der Waals surface area (Å²) in [5, 5.41) is 0. The summed E-state index contributed by atoms with van der Waals surface area (Å²) in [5.41, 5.74) is 0.492. The van der Waals surface area contributed by atoms with E-state index >= 15 is 0 Å². The van der Waals surface area contributed by atoms with Crippen LogP contribution in [0.4, 0.5) is 5.69 Å². The molecular formula is C21H36N4O4S3+2. The van der Waals surface area contributed by atoms with Gasteiger partial charge in [0, 0.05) is 52.3 Å². The Balaban J connectivity index is 0.000000622. The first-order valence-corrected chi connectivity index (χ1v) is 12.4. The van der Waals surface area contributed by atoms with Gasteiger partial charge in [-0.2, -0.15) is 25.3 Å². The Morgan fingerprint density at radius 1 is 0.875 bits per heavy atom. The molecule has 0 aromatic heterocycles. The molecule has 1 aromatic carbocycles. The second kappa shape index (κ2) is 17.9. The van der Waals surface area contributed by atoms with Crippen molar-refractivity contribution in [1.82, 2.24) is 9.80 Å². The zero-order valence-electron chi connectivity index (χ0n) is 19.1. The number of nitroso groups, excluding NO2 is 2. The molecule has 0 unspecified atom stereocenters. The van der Waals surface area contributed by atoms with Gasteiger partial charge in [-0.1, -0.05) is 32.9 Å². The third kappa shape index (κ3) is 11.9. The second-order valence-electron chi connectivity index (χ2n) is 6.82. The van der Waals surface area contributed by atoms with E-state index in [-0.39, 0.29) is 25.2 Å². The largest absolute Gasteiger partial charge is 0.283 e. The highest BCUT2D eigenvalue weighted by atomic mass is 32.1. The number of rotatable bonds is 13. The number of thiol groups is 3. The molecule has 1 aromatic rings. The van der Waals surface area contributed by atoms with Crippen molar-refractivity contribution in [1.29, 1.82) is 0 Å². The molecule has 2 amide bonds. The van der Waals surface area contributed by atoms with Crippen LogP contribution in [0.15, 0.2) is 29.2 Å². The van der Waals surface area contributed by atoms with E-state index in [1.165, 1.54) is 4.90 Å². The maximum absolute atomic E-state index is 12.0. The summed E-state index contributed by atoms with van der Waals surface area (Å²) >= 11 is 12.2. The van der Waals surface area contributed by atoms with Crippen LogP contribution in [-0.4, -0.2) is 75.6 Å². The standard InChI is InChI=1S/C13H18N2O2S.C8H16N2O2S2/c1-3-9-14(13(16)4-2)10-15(17)11-7-5-6-8-12(11)18;1-2-8(11)9(3-5-13)7-10(12)4-6-14/h5-8H,3-4,9-10H2,1-2H3;2-7H2,1H3,(H-,13,14)/p+2. The van der Waals surface area contributed by atoms with Gasteiger partial charge in [0.05, 0.1) is 15.4 Å².